The fourth-order valence-electron chi connectivity index (χ4n) is 6.72. The molecule has 1 amide bonds. The third-order valence-electron chi connectivity index (χ3n) is 9.01. The molecule has 0 N–H and O–H groups in total. The van der Waals surface area contributed by atoms with Crippen LogP contribution in [-0.2, 0) is 15.4 Å². The molecule has 2 aromatic carbocycles. The van der Waals surface area contributed by atoms with Gasteiger partial charge in [-0.05, 0) is 62.1 Å². The number of sulfonamides is 1. The van der Waals surface area contributed by atoms with Crippen molar-refractivity contribution in [1.82, 2.24) is 19.0 Å². The highest BCUT2D eigenvalue weighted by molar-refractivity contribution is 7.89. The molecule has 1 atom stereocenters. The van der Waals surface area contributed by atoms with Gasteiger partial charge in [0.2, 0.25) is 10.0 Å². The van der Waals surface area contributed by atoms with E-state index in [1.165, 1.54) is 0 Å². The second-order valence-electron chi connectivity index (χ2n) is 11.9. The van der Waals surface area contributed by atoms with Crippen LogP contribution in [0.4, 0.5) is 13.2 Å². The first-order valence-electron chi connectivity index (χ1n) is 14.7. The number of amides is 1. The first-order valence-corrected chi connectivity index (χ1v) is 17.0. The normalized spacial score (nSPS) is 23.3. The summed E-state index contributed by atoms with van der Waals surface area (Å²) in [4.78, 5) is 19.9. The minimum atomic E-state index is -4.74. The van der Waals surface area contributed by atoms with Crippen LogP contribution in [0, 0.1) is 0 Å². The molecule has 5 rings (SSSR count). The maximum atomic E-state index is 13.4. The molecule has 0 unspecified atom stereocenters. The van der Waals surface area contributed by atoms with Gasteiger partial charge in [0.1, 0.15) is 0 Å². The van der Waals surface area contributed by atoms with Crippen LogP contribution in [0.2, 0.25) is 10.0 Å². The largest absolute Gasteiger partial charge is 0.404 e. The van der Waals surface area contributed by atoms with Gasteiger partial charge in [-0.3, -0.25) is 9.69 Å². The van der Waals surface area contributed by atoms with Crippen molar-refractivity contribution >= 4 is 39.1 Å². The molecule has 3 fully saturated rings. The minimum absolute atomic E-state index is 0.0293. The molecule has 0 saturated carbocycles. The topological polar surface area (TPSA) is 64.2 Å². The fraction of sp³-hybridized carbons (Fsp3) is 0.567. The van der Waals surface area contributed by atoms with E-state index in [4.69, 9.17) is 23.2 Å². The Morgan fingerprint density at radius 1 is 0.953 bits per heavy atom. The molecule has 236 valence electrons. The van der Waals surface area contributed by atoms with Crippen LogP contribution >= 0.6 is 23.2 Å². The molecule has 43 heavy (non-hydrogen) atoms. The molecule has 0 aromatic heterocycles. The molecule has 3 aliphatic heterocycles. The lowest BCUT2D eigenvalue weighted by Crippen LogP contribution is -2.63. The van der Waals surface area contributed by atoms with Crippen molar-refractivity contribution in [3.05, 3.63) is 69.7 Å². The van der Waals surface area contributed by atoms with E-state index < -0.39 is 22.0 Å². The summed E-state index contributed by atoms with van der Waals surface area (Å²) >= 11 is 12.7. The fourth-order valence-corrected chi connectivity index (χ4v) is 8.33. The van der Waals surface area contributed by atoms with Gasteiger partial charge in [-0.2, -0.15) is 17.5 Å². The molecule has 0 spiro atoms. The van der Waals surface area contributed by atoms with Gasteiger partial charge in [0.25, 0.3) is 5.91 Å². The van der Waals surface area contributed by atoms with Crippen molar-refractivity contribution in [2.75, 3.05) is 64.7 Å². The van der Waals surface area contributed by atoms with E-state index in [0.717, 1.165) is 55.2 Å². The van der Waals surface area contributed by atoms with Crippen molar-refractivity contribution < 1.29 is 26.4 Å². The molecule has 3 aliphatic rings. The predicted molar refractivity (Wildman–Crippen MR) is 162 cm³/mol. The summed E-state index contributed by atoms with van der Waals surface area (Å²) < 4.78 is 63.2. The lowest BCUT2D eigenvalue weighted by atomic mass is 9.70. The van der Waals surface area contributed by atoms with E-state index in [-0.39, 0.29) is 30.5 Å². The Kier molecular flexibility index (Phi) is 10.00. The molecular formula is C30H37Cl2F3N4O3S. The van der Waals surface area contributed by atoms with Gasteiger partial charge in [0, 0.05) is 69.4 Å². The average Bonchev–Trinajstić information content (AvgIpc) is 2.95. The highest BCUT2D eigenvalue weighted by Gasteiger charge is 2.42. The highest BCUT2D eigenvalue weighted by atomic mass is 35.5. The van der Waals surface area contributed by atoms with Crippen LogP contribution < -0.4 is 0 Å². The van der Waals surface area contributed by atoms with Crippen molar-refractivity contribution in [2.45, 2.75) is 43.3 Å². The first kappa shape index (κ1) is 32.5. The number of hydrogen-bond acceptors (Lipinski definition) is 5. The van der Waals surface area contributed by atoms with Gasteiger partial charge in [0.15, 0.2) is 5.75 Å². The number of benzene rings is 2. The van der Waals surface area contributed by atoms with Crippen molar-refractivity contribution in [3.63, 3.8) is 0 Å². The van der Waals surface area contributed by atoms with Crippen LogP contribution in [-0.4, -0.2) is 110 Å². The Hall–Kier alpha value is -1.89. The summed E-state index contributed by atoms with van der Waals surface area (Å²) in [5, 5.41) is 1.00. The van der Waals surface area contributed by atoms with Gasteiger partial charge in [-0.15, -0.1) is 0 Å². The number of piperazine rings is 1. The van der Waals surface area contributed by atoms with Crippen LogP contribution in [0.1, 0.15) is 41.6 Å². The number of carbonyl (C=O) groups is 1. The Balaban J connectivity index is 1.16. The van der Waals surface area contributed by atoms with Gasteiger partial charge in [-0.25, -0.2) is 8.42 Å². The zero-order chi connectivity index (χ0) is 30.8. The maximum absolute atomic E-state index is 13.4. The number of piperidine rings is 1. The second kappa shape index (κ2) is 13.2. The zero-order valence-electron chi connectivity index (χ0n) is 23.9. The Morgan fingerprint density at radius 2 is 1.65 bits per heavy atom. The molecule has 0 radical (unpaired) electrons. The number of likely N-dealkylation sites (tertiary alicyclic amines) is 2. The summed E-state index contributed by atoms with van der Waals surface area (Å²) in [6.07, 6.45) is -1.12. The van der Waals surface area contributed by atoms with Gasteiger partial charge < -0.3 is 9.80 Å². The lowest BCUT2D eigenvalue weighted by Gasteiger charge is -2.48. The molecule has 2 aromatic rings. The molecular weight excluding hydrogens is 624 g/mol. The average molecular weight is 662 g/mol. The number of hydrogen-bond donors (Lipinski definition) is 0. The van der Waals surface area contributed by atoms with Gasteiger partial charge in [0.05, 0.1) is 10.0 Å². The van der Waals surface area contributed by atoms with Crippen LogP contribution in [0.5, 0.6) is 0 Å². The van der Waals surface area contributed by atoms with E-state index in [9.17, 15) is 26.4 Å². The minimum Gasteiger partial charge on any atom is -0.338 e. The van der Waals surface area contributed by atoms with E-state index in [0.29, 0.717) is 41.8 Å². The first-order chi connectivity index (χ1) is 20.4. The Bertz CT molecular complexity index is 1380. The van der Waals surface area contributed by atoms with E-state index >= 15 is 0 Å². The van der Waals surface area contributed by atoms with Crippen LogP contribution in [0.3, 0.4) is 0 Å². The molecule has 7 nitrogen and oxygen atoms in total. The summed E-state index contributed by atoms with van der Waals surface area (Å²) in [5.74, 6) is -1.78. The molecule has 0 aliphatic carbocycles. The van der Waals surface area contributed by atoms with Crippen molar-refractivity contribution in [3.8, 4) is 0 Å². The quantitative estimate of drug-likeness (QED) is 0.373. The smallest absolute Gasteiger partial charge is 0.338 e. The maximum Gasteiger partial charge on any atom is 0.404 e. The standard InChI is InChI=1S/C30H37Cl2F3N4O3S/c31-26-9-8-24(18-27(26)32)29(11-5-13-38(21-29)28(40)23-6-2-1-3-7-23)10-4-12-36-19-25(20-36)37-14-16-39(17-15-37)43(41,42)22-30(33,34)35/h1-3,6-9,18,25H,4-5,10-17,19-22H2/t29-/m0/s1. The van der Waals surface area contributed by atoms with Crippen molar-refractivity contribution in [2.24, 2.45) is 0 Å². The summed E-state index contributed by atoms with van der Waals surface area (Å²) in [5.41, 5.74) is 1.52. The third kappa shape index (κ3) is 7.86. The molecule has 3 heterocycles. The summed E-state index contributed by atoms with van der Waals surface area (Å²) in [7, 11) is -4.34. The summed E-state index contributed by atoms with van der Waals surface area (Å²) in [6.45, 7) is 4.90. The van der Waals surface area contributed by atoms with Crippen LogP contribution in [0.15, 0.2) is 48.5 Å². The number of rotatable bonds is 9. The number of nitrogens with zero attached hydrogens (tertiary/aromatic N) is 4. The van der Waals surface area contributed by atoms with Crippen molar-refractivity contribution in [1.29, 1.82) is 0 Å². The van der Waals surface area contributed by atoms with Gasteiger partial charge >= 0.3 is 6.18 Å². The highest BCUT2D eigenvalue weighted by Crippen LogP contribution is 2.41. The second-order valence-corrected chi connectivity index (χ2v) is 14.7. The monoisotopic (exact) mass is 660 g/mol. The van der Waals surface area contributed by atoms with Gasteiger partial charge in [-0.1, -0.05) is 47.5 Å². The molecule has 0 bridgehead atoms. The summed E-state index contributed by atoms with van der Waals surface area (Å²) in [6, 6.07) is 15.4. The number of carbonyl (C=O) groups excluding carboxylic acids is 1. The Labute approximate surface area is 261 Å². The van der Waals surface area contributed by atoms with Crippen LogP contribution in [0.25, 0.3) is 0 Å². The Morgan fingerprint density at radius 3 is 2.30 bits per heavy atom. The van der Waals surface area contributed by atoms with E-state index in [2.05, 4.69) is 9.80 Å². The molecule has 13 heteroatoms. The lowest BCUT2D eigenvalue weighted by molar-refractivity contribution is -0.107. The third-order valence-corrected chi connectivity index (χ3v) is 11.6. The predicted octanol–water partition coefficient (Wildman–Crippen LogP) is 5.14. The molecule has 3 saturated heterocycles. The number of halogens is 5. The van der Waals surface area contributed by atoms with E-state index in [1.807, 2.05) is 53.4 Å². The van der Waals surface area contributed by atoms with E-state index in [1.54, 1.807) is 0 Å². The zero-order valence-corrected chi connectivity index (χ0v) is 26.2. The number of alkyl halides is 3. The SMILES string of the molecule is O=C(c1ccccc1)N1CCC[C@](CCCN2CC(N3CCN(S(=O)(=O)CC(F)(F)F)CC3)C2)(c2ccc(Cl)c(Cl)c2)C1.